The fourth-order valence-electron chi connectivity index (χ4n) is 3.33. The summed E-state index contributed by atoms with van der Waals surface area (Å²) >= 11 is 0. The lowest BCUT2D eigenvalue weighted by Gasteiger charge is -2.29. The average Bonchev–Trinajstić information content (AvgIpc) is 3.06. The topological polar surface area (TPSA) is 70.6 Å². The molecule has 1 fully saturated rings. The molecule has 1 aliphatic carbocycles. The van der Waals surface area contributed by atoms with Crippen molar-refractivity contribution in [3.63, 3.8) is 0 Å². The highest BCUT2D eigenvalue weighted by molar-refractivity contribution is 5.73. The van der Waals surface area contributed by atoms with E-state index in [0.29, 0.717) is 13.2 Å². The Kier molecular flexibility index (Phi) is 6.99. The molecule has 134 valence electrons. The van der Waals surface area contributed by atoms with Gasteiger partial charge in [0.15, 0.2) is 0 Å². The quantitative estimate of drug-likeness (QED) is 0.682. The van der Waals surface area contributed by atoms with E-state index in [1.165, 1.54) is 25.0 Å². The lowest BCUT2D eigenvalue weighted by molar-refractivity contribution is 0.135. The first-order valence-corrected chi connectivity index (χ1v) is 8.49. The minimum atomic E-state index is -1.06. The van der Waals surface area contributed by atoms with E-state index in [2.05, 4.69) is 10.6 Å². The number of amides is 2. The van der Waals surface area contributed by atoms with Crippen LogP contribution in [-0.4, -0.2) is 37.9 Å². The van der Waals surface area contributed by atoms with Crippen molar-refractivity contribution in [2.75, 3.05) is 26.8 Å². The Hall–Kier alpha value is -1.66. The third-order valence-electron chi connectivity index (χ3n) is 4.84. The number of aliphatic hydroxyl groups is 1. The maximum atomic E-state index is 13.6. The summed E-state index contributed by atoms with van der Waals surface area (Å²) in [6.07, 6.45) is 4.41. The van der Waals surface area contributed by atoms with Crippen LogP contribution in [0.15, 0.2) is 24.3 Å². The standard InChI is InChI=1S/C18H27FN2O3/c1-24-11-10-18(8-4-5-9-18)13-21-17(23)20-12-16(22)14-6-2-3-7-15(14)19/h2-3,6-7,16,22H,4-5,8-13H2,1H3,(H2,20,21,23). The van der Waals surface area contributed by atoms with E-state index < -0.39 is 11.9 Å². The molecule has 1 atom stereocenters. The van der Waals surface area contributed by atoms with E-state index in [1.54, 1.807) is 19.2 Å². The van der Waals surface area contributed by atoms with Gasteiger partial charge in [0.1, 0.15) is 5.82 Å². The minimum Gasteiger partial charge on any atom is -0.386 e. The van der Waals surface area contributed by atoms with Crippen LogP contribution in [-0.2, 0) is 4.74 Å². The molecule has 1 aromatic carbocycles. The zero-order valence-electron chi connectivity index (χ0n) is 14.2. The highest BCUT2D eigenvalue weighted by Gasteiger charge is 2.33. The van der Waals surface area contributed by atoms with Gasteiger partial charge in [-0.25, -0.2) is 9.18 Å². The third kappa shape index (κ3) is 5.18. The zero-order chi connectivity index (χ0) is 17.4. The molecule has 1 unspecified atom stereocenters. The van der Waals surface area contributed by atoms with Crippen LogP contribution in [0.3, 0.4) is 0 Å². The second-order valence-corrected chi connectivity index (χ2v) is 6.55. The van der Waals surface area contributed by atoms with Gasteiger partial charge in [-0.1, -0.05) is 31.0 Å². The fraction of sp³-hybridized carbons (Fsp3) is 0.611. The van der Waals surface area contributed by atoms with Gasteiger partial charge in [-0.3, -0.25) is 0 Å². The van der Waals surface area contributed by atoms with Gasteiger partial charge in [0.05, 0.1) is 6.10 Å². The summed E-state index contributed by atoms with van der Waals surface area (Å²) in [6, 6.07) is 5.68. The van der Waals surface area contributed by atoms with Crippen LogP contribution in [0.2, 0.25) is 0 Å². The molecule has 2 amide bonds. The Bertz CT molecular complexity index is 533. The van der Waals surface area contributed by atoms with Crippen molar-refractivity contribution in [2.45, 2.75) is 38.2 Å². The zero-order valence-corrected chi connectivity index (χ0v) is 14.2. The van der Waals surface area contributed by atoms with E-state index in [1.807, 2.05) is 0 Å². The highest BCUT2D eigenvalue weighted by Crippen LogP contribution is 2.40. The number of benzene rings is 1. The summed E-state index contributed by atoms with van der Waals surface area (Å²) in [6.45, 7) is 1.26. The summed E-state index contributed by atoms with van der Waals surface area (Å²) in [7, 11) is 1.69. The third-order valence-corrected chi connectivity index (χ3v) is 4.84. The number of hydrogen-bond donors (Lipinski definition) is 3. The second-order valence-electron chi connectivity index (χ2n) is 6.55. The average molecular weight is 338 g/mol. The molecule has 0 aromatic heterocycles. The molecular weight excluding hydrogens is 311 g/mol. The molecule has 6 heteroatoms. The summed E-state index contributed by atoms with van der Waals surface area (Å²) in [5.74, 6) is -0.475. The molecule has 3 N–H and O–H groups in total. The number of methoxy groups -OCH3 is 1. The number of halogens is 1. The maximum absolute atomic E-state index is 13.6. The van der Waals surface area contributed by atoms with Crippen LogP contribution in [0.25, 0.3) is 0 Å². The Morgan fingerprint density at radius 3 is 2.71 bits per heavy atom. The Balaban J connectivity index is 1.77. The highest BCUT2D eigenvalue weighted by atomic mass is 19.1. The summed E-state index contributed by atoms with van der Waals surface area (Å²) < 4.78 is 18.8. The molecular formula is C18H27FN2O3. The largest absolute Gasteiger partial charge is 0.386 e. The van der Waals surface area contributed by atoms with Gasteiger partial charge in [-0.2, -0.15) is 0 Å². The van der Waals surface area contributed by atoms with Crippen molar-refractivity contribution in [1.82, 2.24) is 10.6 Å². The van der Waals surface area contributed by atoms with Crippen LogP contribution in [0.1, 0.15) is 43.8 Å². The van der Waals surface area contributed by atoms with E-state index in [0.717, 1.165) is 19.3 Å². The van der Waals surface area contributed by atoms with Gasteiger partial charge in [0.25, 0.3) is 0 Å². The SMILES string of the molecule is COCCC1(CNC(=O)NCC(O)c2ccccc2F)CCCC1. The van der Waals surface area contributed by atoms with Crippen LogP contribution in [0, 0.1) is 11.2 Å². The maximum Gasteiger partial charge on any atom is 0.314 e. The number of ether oxygens (including phenoxy) is 1. The molecule has 0 bridgehead atoms. The number of rotatable bonds is 8. The van der Waals surface area contributed by atoms with Crippen LogP contribution in [0.4, 0.5) is 9.18 Å². The number of hydrogen-bond acceptors (Lipinski definition) is 3. The molecule has 0 saturated heterocycles. The summed E-state index contributed by atoms with van der Waals surface area (Å²) in [4.78, 5) is 12.0. The van der Waals surface area contributed by atoms with Crippen LogP contribution in [0.5, 0.6) is 0 Å². The first kappa shape index (κ1) is 18.7. The van der Waals surface area contributed by atoms with Crippen LogP contribution < -0.4 is 10.6 Å². The molecule has 1 aliphatic rings. The van der Waals surface area contributed by atoms with Crippen molar-refractivity contribution >= 4 is 6.03 Å². The molecule has 1 aromatic rings. The first-order valence-electron chi connectivity index (χ1n) is 8.49. The Morgan fingerprint density at radius 1 is 1.33 bits per heavy atom. The van der Waals surface area contributed by atoms with Gasteiger partial charge < -0.3 is 20.5 Å². The normalized spacial score (nSPS) is 17.5. The summed E-state index contributed by atoms with van der Waals surface area (Å²) in [5.41, 5.74) is 0.294. The van der Waals surface area contributed by atoms with Gasteiger partial charge in [0, 0.05) is 32.4 Å². The molecule has 2 rings (SSSR count). The van der Waals surface area contributed by atoms with Crippen molar-refractivity contribution in [3.05, 3.63) is 35.6 Å². The predicted molar refractivity (Wildman–Crippen MR) is 90.2 cm³/mol. The Morgan fingerprint density at radius 2 is 2.04 bits per heavy atom. The minimum absolute atomic E-state index is 0.0299. The van der Waals surface area contributed by atoms with E-state index >= 15 is 0 Å². The van der Waals surface area contributed by atoms with Crippen molar-refractivity contribution < 1.29 is 19.0 Å². The number of carbonyl (C=O) groups excluding carboxylic acids is 1. The lowest BCUT2D eigenvalue weighted by Crippen LogP contribution is -2.43. The molecule has 0 spiro atoms. The van der Waals surface area contributed by atoms with E-state index in [9.17, 15) is 14.3 Å². The molecule has 0 aliphatic heterocycles. The summed E-state index contributed by atoms with van der Waals surface area (Å²) in [5, 5.41) is 15.5. The number of nitrogens with one attached hydrogen (secondary N) is 2. The number of urea groups is 1. The number of carbonyl (C=O) groups is 1. The van der Waals surface area contributed by atoms with E-state index in [4.69, 9.17) is 4.74 Å². The van der Waals surface area contributed by atoms with E-state index in [-0.39, 0.29) is 23.6 Å². The van der Waals surface area contributed by atoms with Gasteiger partial charge in [0.2, 0.25) is 0 Å². The smallest absolute Gasteiger partial charge is 0.314 e. The molecule has 1 saturated carbocycles. The van der Waals surface area contributed by atoms with Gasteiger partial charge in [-0.05, 0) is 30.7 Å². The lowest BCUT2D eigenvalue weighted by atomic mass is 9.83. The van der Waals surface area contributed by atoms with Crippen LogP contribution >= 0.6 is 0 Å². The van der Waals surface area contributed by atoms with Crippen molar-refractivity contribution in [3.8, 4) is 0 Å². The van der Waals surface area contributed by atoms with Gasteiger partial charge in [-0.15, -0.1) is 0 Å². The van der Waals surface area contributed by atoms with Crippen molar-refractivity contribution in [2.24, 2.45) is 5.41 Å². The molecule has 5 nitrogen and oxygen atoms in total. The second kappa shape index (κ2) is 8.99. The first-order chi connectivity index (χ1) is 11.6. The Labute approximate surface area is 142 Å². The molecule has 24 heavy (non-hydrogen) atoms. The fourth-order valence-corrected chi connectivity index (χ4v) is 3.33. The predicted octanol–water partition coefficient (Wildman–Crippen LogP) is 2.76. The number of aliphatic hydroxyl groups excluding tert-OH is 1. The van der Waals surface area contributed by atoms with Crippen molar-refractivity contribution in [1.29, 1.82) is 0 Å². The van der Waals surface area contributed by atoms with Gasteiger partial charge >= 0.3 is 6.03 Å². The molecule has 0 radical (unpaired) electrons. The monoisotopic (exact) mass is 338 g/mol. The molecule has 0 heterocycles.